The molecule has 0 bridgehead atoms. The first kappa shape index (κ1) is 16.7. The standard InChI is InChI=1S/C19H15F2N3O/c1-11-5-14(20)7-15-18(11)24-10-13(8-22)19(15)23-9-12-3-4-17(25-2)16(21)6-12/h3-7,10H,9H2,1-2H3,(H,23,24). The molecule has 3 aromatic rings. The van der Waals surface area contributed by atoms with Crippen molar-refractivity contribution < 1.29 is 13.5 Å². The van der Waals surface area contributed by atoms with Crippen molar-refractivity contribution in [3.8, 4) is 11.8 Å². The number of rotatable bonds is 4. The Balaban J connectivity index is 2.00. The van der Waals surface area contributed by atoms with Crippen molar-refractivity contribution in [1.82, 2.24) is 4.98 Å². The maximum absolute atomic E-state index is 13.8. The number of benzene rings is 2. The summed E-state index contributed by atoms with van der Waals surface area (Å²) in [7, 11) is 1.40. The highest BCUT2D eigenvalue weighted by molar-refractivity contribution is 5.95. The zero-order valence-electron chi connectivity index (χ0n) is 13.7. The molecule has 0 radical (unpaired) electrons. The summed E-state index contributed by atoms with van der Waals surface area (Å²) in [5.74, 6) is -0.710. The van der Waals surface area contributed by atoms with Gasteiger partial charge < -0.3 is 10.1 Å². The van der Waals surface area contributed by atoms with E-state index in [2.05, 4.69) is 16.4 Å². The van der Waals surface area contributed by atoms with Crippen molar-refractivity contribution in [2.24, 2.45) is 0 Å². The summed E-state index contributed by atoms with van der Waals surface area (Å²) < 4.78 is 32.5. The molecule has 0 aliphatic heterocycles. The molecule has 0 aliphatic carbocycles. The predicted molar refractivity (Wildman–Crippen MR) is 91.4 cm³/mol. The van der Waals surface area contributed by atoms with Gasteiger partial charge in [0.15, 0.2) is 11.6 Å². The van der Waals surface area contributed by atoms with Gasteiger partial charge in [-0.25, -0.2) is 8.78 Å². The maximum Gasteiger partial charge on any atom is 0.165 e. The van der Waals surface area contributed by atoms with E-state index in [0.29, 0.717) is 33.3 Å². The Morgan fingerprint density at radius 2 is 2.04 bits per heavy atom. The van der Waals surface area contributed by atoms with Gasteiger partial charge in [-0.3, -0.25) is 4.98 Å². The lowest BCUT2D eigenvalue weighted by molar-refractivity contribution is 0.386. The Kier molecular flexibility index (Phi) is 4.48. The van der Waals surface area contributed by atoms with Crippen LogP contribution in [0.3, 0.4) is 0 Å². The molecule has 0 saturated heterocycles. The number of anilines is 1. The lowest BCUT2D eigenvalue weighted by atomic mass is 10.1. The van der Waals surface area contributed by atoms with Crippen LogP contribution in [0.25, 0.3) is 10.9 Å². The number of aromatic nitrogens is 1. The quantitative estimate of drug-likeness (QED) is 0.769. The fraction of sp³-hybridized carbons (Fsp3) is 0.158. The van der Waals surface area contributed by atoms with Crippen molar-refractivity contribution in [3.05, 3.63) is 64.9 Å². The van der Waals surface area contributed by atoms with Crippen molar-refractivity contribution in [2.45, 2.75) is 13.5 Å². The third kappa shape index (κ3) is 3.22. The van der Waals surface area contributed by atoms with Gasteiger partial charge in [-0.05, 0) is 42.3 Å². The largest absolute Gasteiger partial charge is 0.494 e. The van der Waals surface area contributed by atoms with Gasteiger partial charge in [0.25, 0.3) is 0 Å². The minimum Gasteiger partial charge on any atom is -0.494 e. The Hall–Kier alpha value is -3.20. The number of hydrogen-bond donors (Lipinski definition) is 1. The predicted octanol–water partition coefficient (Wildman–Crippen LogP) is 4.31. The van der Waals surface area contributed by atoms with Crippen LogP contribution in [-0.4, -0.2) is 12.1 Å². The highest BCUT2D eigenvalue weighted by Gasteiger charge is 2.12. The summed E-state index contributed by atoms with van der Waals surface area (Å²) in [4.78, 5) is 4.24. The second-order valence-corrected chi connectivity index (χ2v) is 5.60. The SMILES string of the molecule is COc1ccc(CNc2c(C#N)cnc3c(C)cc(F)cc23)cc1F. The van der Waals surface area contributed by atoms with Gasteiger partial charge in [0, 0.05) is 18.1 Å². The minimum atomic E-state index is -0.469. The van der Waals surface area contributed by atoms with E-state index < -0.39 is 11.6 Å². The zero-order chi connectivity index (χ0) is 18.0. The van der Waals surface area contributed by atoms with Crippen molar-refractivity contribution in [2.75, 3.05) is 12.4 Å². The fourth-order valence-corrected chi connectivity index (χ4v) is 2.72. The first-order valence-corrected chi connectivity index (χ1v) is 7.58. The highest BCUT2D eigenvalue weighted by atomic mass is 19.1. The third-order valence-electron chi connectivity index (χ3n) is 3.93. The monoisotopic (exact) mass is 339 g/mol. The smallest absolute Gasteiger partial charge is 0.165 e. The second-order valence-electron chi connectivity index (χ2n) is 5.60. The molecule has 126 valence electrons. The molecule has 1 heterocycles. The van der Waals surface area contributed by atoms with Crippen LogP contribution < -0.4 is 10.1 Å². The number of hydrogen-bond acceptors (Lipinski definition) is 4. The first-order valence-electron chi connectivity index (χ1n) is 7.58. The van der Waals surface area contributed by atoms with Crippen LogP contribution >= 0.6 is 0 Å². The Morgan fingerprint density at radius 3 is 2.72 bits per heavy atom. The number of halogens is 2. The topological polar surface area (TPSA) is 57.9 Å². The summed E-state index contributed by atoms with van der Waals surface area (Å²) in [6.45, 7) is 2.03. The normalized spacial score (nSPS) is 10.5. The number of ether oxygens (including phenoxy) is 1. The van der Waals surface area contributed by atoms with Crippen LogP contribution in [0.15, 0.2) is 36.5 Å². The number of nitrogens with zero attached hydrogens (tertiary/aromatic N) is 2. The molecule has 1 N–H and O–H groups in total. The molecule has 2 aromatic carbocycles. The lowest BCUT2D eigenvalue weighted by Gasteiger charge is -2.13. The second kappa shape index (κ2) is 6.73. The van der Waals surface area contributed by atoms with Crippen LogP contribution in [-0.2, 0) is 6.54 Å². The van der Waals surface area contributed by atoms with Crippen LogP contribution in [0.5, 0.6) is 5.75 Å². The Labute approximate surface area is 143 Å². The van der Waals surface area contributed by atoms with E-state index in [1.807, 2.05) is 0 Å². The molecule has 0 atom stereocenters. The highest BCUT2D eigenvalue weighted by Crippen LogP contribution is 2.29. The van der Waals surface area contributed by atoms with E-state index in [1.165, 1.54) is 37.6 Å². The molecule has 0 fully saturated rings. The zero-order valence-corrected chi connectivity index (χ0v) is 13.7. The van der Waals surface area contributed by atoms with Gasteiger partial charge in [0.2, 0.25) is 0 Å². The number of aryl methyl sites for hydroxylation is 1. The Morgan fingerprint density at radius 1 is 1.24 bits per heavy atom. The molecular weight excluding hydrogens is 324 g/mol. The number of pyridine rings is 1. The molecular formula is C19H15F2N3O. The number of nitrogens with one attached hydrogen (secondary N) is 1. The molecule has 0 amide bonds. The summed E-state index contributed by atoms with van der Waals surface area (Å²) >= 11 is 0. The van der Waals surface area contributed by atoms with Crippen molar-refractivity contribution in [3.63, 3.8) is 0 Å². The molecule has 0 spiro atoms. The molecule has 0 aliphatic rings. The molecule has 4 nitrogen and oxygen atoms in total. The van der Waals surface area contributed by atoms with Crippen LogP contribution in [0.4, 0.5) is 14.5 Å². The van der Waals surface area contributed by atoms with E-state index in [0.717, 1.165) is 0 Å². The van der Waals surface area contributed by atoms with Gasteiger partial charge in [-0.15, -0.1) is 0 Å². The lowest BCUT2D eigenvalue weighted by Crippen LogP contribution is -2.04. The summed E-state index contributed by atoms with van der Waals surface area (Å²) in [6.07, 6.45) is 1.45. The summed E-state index contributed by atoms with van der Waals surface area (Å²) in [5.41, 5.74) is 2.74. The molecule has 6 heteroatoms. The van der Waals surface area contributed by atoms with E-state index >= 15 is 0 Å². The summed E-state index contributed by atoms with van der Waals surface area (Å²) in [6, 6.07) is 9.39. The molecule has 1 aromatic heterocycles. The molecule has 0 unspecified atom stereocenters. The van der Waals surface area contributed by atoms with E-state index in [1.54, 1.807) is 13.0 Å². The van der Waals surface area contributed by atoms with Crippen LogP contribution in [0, 0.1) is 29.9 Å². The molecule has 25 heavy (non-hydrogen) atoms. The van der Waals surface area contributed by atoms with Gasteiger partial charge >= 0.3 is 0 Å². The fourth-order valence-electron chi connectivity index (χ4n) is 2.72. The van der Waals surface area contributed by atoms with E-state index in [4.69, 9.17) is 4.74 Å². The number of methoxy groups -OCH3 is 1. The van der Waals surface area contributed by atoms with E-state index in [9.17, 15) is 14.0 Å². The average molecular weight is 339 g/mol. The van der Waals surface area contributed by atoms with Gasteiger partial charge in [0.1, 0.15) is 11.9 Å². The maximum atomic E-state index is 13.8. The van der Waals surface area contributed by atoms with Crippen molar-refractivity contribution in [1.29, 1.82) is 5.26 Å². The van der Waals surface area contributed by atoms with Gasteiger partial charge in [-0.1, -0.05) is 6.07 Å². The van der Waals surface area contributed by atoms with Crippen LogP contribution in [0.1, 0.15) is 16.7 Å². The van der Waals surface area contributed by atoms with Gasteiger partial charge in [-0.2, -0.15) is 5.26 Å². The summed E-state index contributed by atoms with van der Waals surface area (Å²) in [5, 5.41) is 13.0. The van der Waals surface area contributed by atoms with Crippen molar-refractivity contribution >= 4 is 16.6 Å². The minimum absolute atomic E-state index is 0.161. The molecule has 3 rings (SSSR count). The first-order chi connectivity index (χ1) is 12.0. The average Bonchev–Trinajstić information content (AvgIpc) is 2.59. The van der Waals surface area contributed by atoms with Crippen LogP contribution in [0.2, 0.25) is 0 Å². The third-order valence-corrected chi connectivity index (χ3v) is 3.93. The van der Waals surface area contributed by atoms with Gasteiger partial charge in [0.05, 0.1) is 23.9 Å². The number of nitriles is 1. The Bertz CT molecular complexity index is 996. The number of fused-ring (bicyclic) bond motifs is 1. The molecule has 0 saturated carbocycles. The van der Waals surface area contributed by atoms with E-state index in [-0.39, 0.29) is 12.3 Å².